The van der Waals surface area contributed by atoms with Gasteiger partial charge >= 0.3 is 6.03 Å². The minimum atomic E-state index is -0.0337. The zero-order chi connectivity index (χ0) is 16.8. The lowest BCUT2D eigenvalue weighted by Gasteiger charge is -2.29. The molecule has 2 amide bonds. The van der Waals surface area contributed by atoms with Crippen molar-refractivity contribution >= 4 is 6.03 Å². The van der Waals surface area contributed by atoms with Crippen LogP contribution in [0.25, 0.3) is 0 Å². The fourth-order valence-corrected chi connectivity index (χ4v) is 3.37. The average molecular weight is 336 g/mol. The summed E-state index contributed by atoms with van der Waals surface area (Å²) in [4.78, 5) is 18.6. The number of nitrogens with one attached hydrogen (secondary N) is 1. The minimum absolute atomic E-state index is 0.0307. The summed E-state index contributed by atoms with van der Waals surface area (Å²) >= 11 is 0. The zero-order valence-electron chi connectivity index (χ0n) is 14.4. The predicted molar refractivity (Wildman–Crippen MR) is 89.7 cm³/mol. The van der Waals surface area contributed by atoms with Gasteiger partial charge < -0.3 is 24.3 Å². The number of amides is 2. The summed E-state index contributed by atoms with van der Waals surface area (Å²) in [5.74, 6) is 0. The normalized spacial score (nSPS) is 24.9. The van der Waals surface area contributed by atoms with Crippen LogP contribution in [0.15, 0.2) is 18.7 Å². The summed E-state index contributed by atoms with van der Waals surface area (Å²) in [6.07, 6.45) is 9.93. The van der Waals surface area contributed by atoms with Gasteiger partial charge in [0, 0.05) is 51.3 Å². The van der Waals surface area contributed by atoms with Gasteiger partial charge in [-0.1, -0.05) is 0 Å². The first kappa shape index (κ1) is 17.2. The monoisotopic (exact) mass is 336 g/mol. The first-order chi connectivity index (χ1) is 11.7. The molecule has 0 spiro atoms. The SMILES string of the molecule is C[C@H](Cn1ccnc1)NC(=O)N(C[C@H]1CCCO1)C[C@H]1CCCO1. The van der Waals surface area contributed by atoms with Gasteiger partial charge in [-0.05, 0) is 32.6 Å². The first-order valence-electron chi connectivity index (χ1n) is 8.95. The standard InChI is InChI=1S/C17H28N4O3/c1-14(10-20-7-6-18-13-20)19-17(22)21(11-15-4-2-8-23-15)12-16-5-3-9-24-16/h6-7,13-16H,2-5,8-12H2,1H3,(H,19,22)/t14-,15-,16-/m1/s1. The molecule has 2 aliphatic heterocycles. The molecule has 2 aliphatic rings. The molecule has 2 fully saturated rings. The molecule has 3 heterocycles. The molecule has 0 radical (unpaired) electrons. The highest BCUT2D eigenvalue weighted by Crippen LogP contribution is 2.17. The van der Waals surface area contributed by atoms with E-state index < -0.39 is 0 Å². The Kier molecular flexibility index (Phi) is 6.09. The number of carbonyl (C=O) groups excluding carboxylic acids is 1. The van der Waals surface area contributed by atoms with Crippen molar-refractivity contribution in [3.05, 3.63) is 18.7 Å². The van der Waals surface area contributed by atoms with Crippen molar-refractivity contribution in [3.8, 4) is 0 Å². The van der Waals surface area contributed by atoms with Gasteiger partial charge in [0.25, 0.3) is 0 Å². The number of imidazole rings is 1. The van der Waals surface area contributed by atoms with Gasteiger partial charge in [0.05, 0.1) is 18.5 Å². The number of aromatic nitrogens is 2. The predicted octanol–water partition coefficient (Wildman–Crippen LogP) is 1.64. The lowest BCUT2D eigenvalue weighted by Crippen LogP contribution is -2.49. The quantitative estimate of drug-likeness (QED) is 0.822. The fourth-order valence-electron chi connectivity index (χ4n) is 3.37. The zero-order valence-corrected chi connectivity index (χ0v) is 14.4. The highest BCUT2D eigenvalue weighted by Gasteiger charge is 2.27. The second kappa shape index (κ2) is 8.48. The maximum Gasteiger partial charge on any atom is 0.317 e. The Morgan fingerprint density at radius 3 is 2.46 bits per heavy atom. The number of rotatable bonds is 7. The fraction of sp³-hybridized carbons (Fsp3) is 0.765. The van der Waals surface area contributed by atoms with Gasteiger partial charge in [0.2, 0.25) is 0 Å². The molecule has 1 N–H and O–H groups in total. The number of urea groups is 1. The number of nitrogens with zero attached hydrogens (tertiary/aromatic N) is 3. The van der Waals surface area contributed by atoms with E-state index in [0.29, 0.717) is 19.6 Å². The molecule has 7 nitrogen and oxygen atoms in total. The van der Waals surface area contributed by atoms with E-state index in [1.54, 1.807) is 12.5 Å². The maximum absolute atomic E-state index is 12.7. The second-order valence-electron chi connectivity index (χ2n) is 6.79. The number of ether oxygens (including phenoxy) is 2. The molecule has 0 aliphatic carbocycles. The van der Waals surface area contributed by atoms with E-state index in [-0.39, 0.29) is 24.3 Å². The highest BCUT2D eigenvalue weighted by molar-refractivity contribution is 5.74. The molecule has 7 heteroatoms. The molecule has 0 aromatic carbocycles. The summed E-state index contributed by atoms with van der Waals surface area (Å²) in [5, 5.41) is 3.09. The van der Waals surface area contributed by atoms with Crippen LogP contribution in [-0.2, 0) is 16.0 Å². The van der Waals surface area contributed by atoms with Crippen LogP contribution >= 0.6 is 0 Å². The third kappa shape index (κ3) is 4.95. The average Bonchev–Trinajstić information content (AvgIpc) is 3.30. The molecule has 3 atom stereocenters. The van der Waals surface area contributed by atoms with Crippen molar-refractivity contribution < 1.29 is 14.3 Å². The Morgan fingerprint density at radius 2 is 1.96 bits per heavy atom. The van der Waals surface area contributed by atoms with Gasteiger partial charge in [0.1, 0.15) is 0 Å². The van der Waals surface area contributed by atoms with E-state index in [1.807, 2.05) is 22.6 Å². The maximum atomic E-state index is 12.7. The van der Waals surface area contributed by atoms with Gasteiger partial charge in [-0.3, -0.25) is 0 Å². The van der Waals surface area contributed by atoms with Crippen LogP contribution in [-0.4, -0.2) is 65.0 Å². The molecule has 1 aromatic heterocycles. The van der Waals surface area contributed by atoms with Gasteiger partial charge in [-0.15, -0.1) is 0 Å². The molecule has 3 rings (SSSR count). The summed E-state index contributed by atoms with van der Waals surface area (Å²) < 4.78 is 13.4. The van der Waals surface area contributed by atoms with Gasteiger partial charge in [0.15, 0.2) is 0 Å². The van der Waals surface area contributed by atoms with Crippen LogP contribution in [0, 0.1) is 0 Å². The minimum Gasteiger partial charge on any atom is -0.376 e. The van der Waals surface area contributed by atoms with Crippen molar-refractivity contribution in [1.82, 2.24) is 19.8 Å². The van der Waals surface area contributed by atoms with Crippen molar-refractivity contribution in [2.75, 3.05) is 26.3 Å². The van der Waals surface area contributed by atoms with Gasteiger partial charge in [-0.25, -0.2) is 9.78 Å². The lowest BCUT2D eigenvalue weighted by molar-refractivity contribution is 0.0493. The third-order valence-corrected chi connectivity index (χ3v) is 4.60. The Morgan fingerprint density at radius 1 is 1.29 bits per heavy atom. The lowest BCUT2D eigenvalue weighted by atomic mass is 10.2. The van der Waals surface area contributed by atoms with E-state index in [0.717, 1.165) is 38.9 Å². The van der Waals surface area contributed by atoms with Crippen LogP contribution in [0.5, 0.6) is 0 Å². The van der Waals surface area contributed by atoms with Crippen molar-refractivity contribution in [3.63, 3.8) is 0 Å². The Balaban J connectivity index is 1.54. The summed E-state index contributed by atoms with van der Waals surface area (Å²) in [6.45, 7) is 5.61. The number of carbonyl (C=O) groups is 1. The van der Waals surface area contributed by atoms with Crippen LogP contribution < -0.4 is 5.32 Å². The molecule has 24 heavy (non-hydrogen) atoms. The van der Waals surface area contributed by atoms with Crippen LogP contribution in [0.4, 0.5) is 4.79 Å². The van der Waals surface area contributed by atoms with Crippen molar-refractivity contribution in [2.24, 2.45) is 0 Å². The van der Waals surface area contributed by atoms with Crippen LogP contribution in [0.2, 0.25) is 0 Å². The molecular formula is C17H28N4O3. The molecule has 0 bridgehead atoms. The van der Waals surface area contributed by atoms with Crippen LogP contribution in [0.1, 0.15) is 32.6 Å². The first-order valence-corrected chi connectivity index (χ1v) is 8.95. The molecule has 0 saturated carbocycles. The second-order valence-corrected chi connectivity index (χ2v) is 6.79. The smallest absolute Gasteiger partial charge is 0.317 e. The van der Waals surface area contributed by atoms with Crippen molar-refractivity contribution in [1.29, 1.82) is 0 Å². The van der Waals surface area contributed by atoms with E-state index in [4.69, 9.17) is 9.47 Å². The van der Waals surface area contributed by atoms with Gasteiger partial charge in [-0.2, -0.15) is 0 Å². The largest absolute Gasteiger partial charge is 0.376 e. The van der Waals surface area contributed by atoms with E-state index in [2.05, 4.69) is 10.3 Å². The topological polar surface area (TPSA) is 68.6 Å². The molecule has 0 unspecified atom stereocenters. The van der Waals surface area contributed by atoms with E-state index in [9.17, 15) is 4.79 Å². The number of hydrogen-bond acceptors (Lipinski definition) is 4. The summed E-state index contributed by atoms with van der Waals surface area (Å²) in [5.41, 5.74) is 0. The molecule has 2 saturated heterocycles. The Labute approximate surface area is 143 Å². The van der Waals surface area contributed by atoms with Crippen molar-refractivity contribution in [2.45, 2.75) is 57.4 Å². The Hall–Kier alpha value is -1.60. The highest BCUT2D eigenvalue weighted by atomic mass is 16.5. The van der Waals surface area contributed by atoms with Crippen LogP contribution in [0.3, 0.4) is 0 Å². The van der Waals surface area contributed by atoms with E-state index in [1.165, 1.54) is 0 Å². The Bertz CT molecular complexity index is 478. The molecule has 134 valence electrons. The number of hydrogen-bond donors (Lipinski definition) is 1. The summed E-state index contributed by atoms with van der Waals surface area (Å²) in [6, 6.07) is -0.00296. The van der Waals surface area contributed by atoms with E-state index >= 15 is 0 Å². The molecule has 1 aromatic rings. The molecular weight excluding hydrogens is 308 g/mol. The summed E-state index contributed by atoms with van der Waals surface area (Å²) in [7, 11) is 0. The third-order valence-electron chi connectivity index (χ3n) is 4.60.